The quantitative estimate of drug-likeness (QED) is 0.830. The first kappa shape index (κ1) is 14.2. The number of hydrogen-bond donors (Lipinski definition) is 2. The average Bonchev–Trinajstić information content (AvgIpc) is 2.31. The van der Waals surface area contributed by atoms with Crippen molar-refractivity contribution in [1.82, 2.24) is 5.32 Å². The molecule has 1 aromatic carbocycles. The first-order valence-corrected chi connectivity index (χ1v) is 5.47. The third-order valence-electron chi connectivity index (χ3n) is 2.01. The van der Waals surface area contributed by atoms with E-state index in [0.717, 1.165) is 12.1 Å². The lowest BCUT2D eigenvalue weighted by Gasteiger charge is -2.11. The van der Waals surface area contributed by atoms with E-state index in [2.05, 4.69) is 5.32 Å². The van der Waals surface area contributed by atoms with E-state index in [9.17, 15) is 14.0 Å². The number of ether oxygens (including phenoxy) is 1. The molecule has 2 N–H and O–H groups in total. The number of methoxy groups -OCH3 is 1. The van der Waals surface area contributed by atoms with Crippen LogP contribution in [0.3, 0.4) is 0 Å². The van der Waals surface area contributed by atoms with Gasteiger partial charge >= 0.3 is 6.03 Å². The van der Waals surface area contributed by atoms with E-state index in [-0.39, 0.29) is 11.4 Å². The zero-order valence-corrected chi connectivity index (χ0v) is 10.5. The Balaban J connectivity index is 2.73. The van der Waals surface area contributed by atoms with Crippen molar-refractivity contribution in [3.63, 3.8) is 0 Å². The highest BCUT2D eigenvalue weighted by atomic mass is 35.5. The van der Waals surface area contributed by atoms with Crippen LogP contribution >= 0.6 is 11.6 Å². The summed E-state index contributed by atoms with van der Waals surface area (Å²) in [6, 6.07) is 2.83. The maximum Gasteiger partial charge on any atom is 0.326 e. The van der Waals surface area contributed by atoms with Gasteiger partial charge in [-0.05, 0) is 19.1 Å². The van der Waals surface area contributed by atoms with Crippen LogP contribution in [-0.2, 0) is 4.79 Å². The van der Waals surface area contributed by atoms with Gasteiger partial charge in [-0.3, -0.25) is 10.1 Å². The molecule has 0 bridgehead atoms. The Morgan fingerprint density at radius 2 is 2.11 bits per heavy atom. The van der Waals surface area contributed by atoms with Crippen LogP contribution in [0.4, 0.5) is 14.9 Å². The van der Waals surface area contributed by atoms with Gasteiger partial charge in [0.1, 0.15) is 16.9 Å². The number of benzene rings is 1. The molecule has 0 aliphatic carbocycles. The molecule has 1 atom stereocenters. The third-order valence-corrected chi connectivity index (χ3v) is 2.21. The van der Waals surface area contributed by atoms with Crippen molar-refractivity contribution < 1.29 is 18.7 Å². The zero-order chi connectivity index (χ0) is 13.7. The van der Waals surface area contributed by atoms with Gasteiger partial charge in [-0.2, -0.15) is 0 Å². The Labute approximate surface area is 108 Å². The minimum absolute atomic E-state index is 0.150. The molecule has 0 aliphatic rings. The van der Waals surface area contributed by atoms with Crippen molar-refractivity contribution in [1.29, 1.82) is 0 Å². The van der Waals surface area contributed by atoms with E-state index in [0.29, 0.717) is 0 Å². The number of rotatable bonds is 3. The molecule has 98 valence electrons. The molecule has 7 heteroatoms. The molecular weight excluding hydrogens is 263 g/mol. The molecule has 3 amide bonds. The first-order valence-electron chi connectivity index (χ1n) is 5.03. The first-order chi connectivity index (χ1) is 8.43. The second-order valence-corrected chi connectivity index (χ2v) is 4.06. The van der Waals surface area contributed by atoms with Crippen LogP contribution in [0.15, 0.2) is 18.2 Å². The van der Waals surface area contributed by atoms with Crippen molar-refractivity contribution in [2.75, 3.05) is 12.4 Å². The molecule has 0 aliphatic heterocycles. The van der Waals surface area contributed by atoms with Crippen LogP contribution < -0.4 is 15.4 Å². The number of imide groups is 1. The highest BCUT2D eigenvalue weighted by Crippen LogP contribution is 2.24. The SMILES string of the molecule is COc1cc(F)ccc1NC(=O)NC(=O)C(C)Cl. The van der Waals surface area contributed by atoms with E-state index in [4.69, 9.17) is 16.3 Å². The number of alkyl halides is 1. The molecule has 1 aromatic rings. The summed E-state index contributed by atoms with van der Waals surface area (Å²) < 4.78 is 17.8. The highest BCUT2D eigenvalue weighted by molar-refractivity contribution is 6.31. The van der Waals surface area contributed by atoms with E-state index in [1.807, 2.05) is 5.32 Å². The van der Waals surface area contributed by atoms with Gasteiger partial charge in [-0.15, -0.1) is 11.6 Å². The smallest absolute Gasteiger partial charge is 0.326 e. The predicted molar refractivity (Wildman–Crippen MR) is 65.4 cm³/mol. The monoisotopic (exact) mass is 274 g/mol. The fraction of sp³-hybridized carbons (Fsp3) is 0.273. The van der Waals surface area contributed by atoms with Gasteiger partial charge < -0.3 is 10.1 Å². The molecule has 0 heterocycles. The molecule has 0 spiro atoms. The second-order valence-electron chi connectivity index (χ2n) is 3.40. The molecule has 1 rings (SSSR count). The predicted octanol–water partition coefficient (Wildman–Crippen LogP) is 2.11. The van der Waals surface area contributed by atoms with E-state index < -0.39 is 23.1 Å². The minimum atomic E-state index is -0.828. The molecule has 0 fully saturated rings. The number of carbonyl (C=O) groups excluding carboxylic acids is 2. The molecule has 1 unspecified atom stereocenters. The number of carbonyl (C=O) groups is 2. The lowest BCUT2D eigenvalue weighted by atomic mass is 10.3. The summed E-state index contributed by atoms with van der Waals surface area (Å²) >= 11 is 5.49. The number of halogens is 2. The van der Waals surface area contributed by atoms with E-state index in [1.54, 1.807) is 0 Å². The van der Waals surface area contributed by atoms with Gasteiger partial charge in [0.25, 0.3) is 0 Å². The number of anilines is 1. The fourth-order valence-electron chi connectivity index (χ4n) is 1.13. The van der Waals surface area contributed by atoms with Crippen molar-refractivity contribution in [2.45, 2.75) is 12.3 Å². The van der Waals surface area contributed by atoms with Crippen LogP contribution in [0.2, 0.25) is 0 Å². The molecule has 0 saturated heterocycles. The maximum absolute atomic E-state index is 12.9. The van der Waals surface area contributed by atoms with Gasteiger partial charge in [0.05, 0.1) is 12.8 Å². The summed E-state index contributed by atoms with van der Waals surface area (Å²) in [5.41, 5.74) is 0.242. The van der Waals surface area contributed by atoms with Crippen LogP contribution in [0.5, 0.6) is 5.75 Å². The van der Waals surface area contributed by atoms with Gasteiger partial charge in [0.2, 0.25) is 5.91 Å². The molecule has 18 heavy (non-hydrogen) atoms. The molecular formula is C11H12ClFN2O3. The van der Waals surface area contributed by atoms with Crippen molar-refractivity contribution in [3.05, 3.63) is 24.0 Å². The summed E-state index contributed by atoms with van der Waals surface area (Å²) in [6.07, 6.45) is 0. The summed E-state index contributed by atoms with van der Waals surface area (Å²) in [5, 5.41) is 3.55. The number of urea groups is 1. The van der Waals surface area contributed by atoms with Crippen LogP contribution in [0.25, 0.3) is 0 Å². The lowest BCUT2D eigenvalue weighted by Crippen LogP contribution is -2.38. The van der Waals surface area contributed by atoms with Gasteiger partial charge in [0, 0.05) is 6.07 Å². The van der Waals surface area contributed by atoms with Crippen molar-refractivity contribution in [3.8, 4) is 5.75 Å². The Hall–Kier alpha value is -1.82. The van der Waals surface area contributed by atoms with Gasteiger partial charge in [-0.1, -0.05) is 0 Å². The highest BCUT2D eigenvalue weighted by Gasteiger charge is 2.14. The maximum atomic E-state index is 12.9. The largest absolute Gasteiger partial charge is 0.494 e. The van der Waals surface area contributed by atoms with Crippen LogP contribution in [0, 0.1) is 5.82 Å². The Morgan fingerprint density at radius 3 is 2.67 bits per heavy atom. The van der Waals surface area contributed by atoms with Crippen molar-refractivity contribution >= 4 is 29.2 Å². The normalized spacial score (nSPS) is 11.6. The number of nitrogens with one attached hydrogen (secondary N) is 2. The summed E-state index contributed by atoms with van der Waals surface area (Å²) in [4.78, 5) is 22.6. The zero-order valence-electron chi connectivity index (χ0n) is 9.79. The second kappa shape index (κ2) is 6.20. The summed E-state index contributed by atoms with van der Waals surface area (Å²) in [7, 11) is 1.34. The standard InChI is InChI=1S/C11H12ClFN2O3/c1-6(12)10(16)15-11(17)14-8-4-3-7(13)5-9(8)18-2/h3-6H,1-2H3,(H2,14,15,16,17). The average molecular weight is 275 g/mol. The molecule has 0 saturated carbocycles. The summed E-state index contributed by atoms with van der Waals surface area (Å²) in [5.74, 6) is -0.977. The molecule has 5 nitrogen and oxygen atoms in total. The minimum Gasteiger partial charge on any atom is -0.494 e. The fourth-order valence-corrected chi connectivity index (χ4v) is 1.19. The third kappa shape index (κ3) is 3.89. The Bertz CT molecular complexity index is 466. The Kier molecular flexibility index (Phi) is 4.91. The topological polar surface area (TPSA) is 67.4 Å². The van der Waals surface area contributed by atoms with Crippen LogP contribution in [0.1, 0.15) is 6.92 Å². The van der Waals surface area contributed by atoms with E-state index in [1.165, 1.54) is 20.1 Å². The Morgan fingerprint density at radius 1 is 1.44 bits per heavy atom. The number of amides is 3. The number of hydrogen-bond acceptors (Lipinski definition) is 3. The molecule has 0 aromatic heterocycles. The summed E-state index contributed by atoms with van der Waals surface area (Å²) in [6.45, 7) is 1.43. The lowest BCUT2D eigenvalue weighted by molar-refractivity contribution is -0.119. The van der Waals surface area contributed by atoms with E-state index >= 15 is 0 Å². The molecule has 0 radical (unpaired) electrons. The van der Waals surface area contributed by atoms with Crippen molar-refractivity contribution in [2.24, 2.45) is 0 Å². The van der Waals surface area contributed by atoms with Crippen LogP contribution in [-0.4, -0.2) is 24.4 Å². The van der Waals surface area contributed by atoms with Gasteiger partial charge in [0.15, 0.2) is 0 Å². The van der Waals surface area contributed by atoms with Gasteiger partial charge in [-0.25, -0.2) is 9.18 Å².